The smallest absolute Gasteiger partial charge is 0.258 e. The standard InChI is InChI=1S/C18H27NO5S/c1-18(2,3)13-10-12(23-4)6-7-15(13)24-11-16(20)19-14(17(21)22)8-9-25-5/h6-7,10,14H,8-9,11H2,1-5H3,(H,19,20)(H,21,22)/p-1/t14-/m1/s1. The van der Waals surface area contributed by atoms with Crippen LogP contribution in [-0.2, 0) is 15.0 Å². The zero-order valence-electron chi connectivity index (χ0n) is 15.4. The Bertz CT molecular complexity index is 598. The van der Waals surface area contributed by atoms with Crippen LogP contribution in [0.2, 0.25) is 0 Å². The Labute approximate surface area is 153 Å². The number of ether oxygens (including phenoxy) is 2. The molecule has 140 valence electrons. The molecule has 1 N–H and O–H groups in total. The van der Waals surface area contributed by atoms with Crippen LogP contribution in [0.4, 0.5) is 0 Å². The van der Waals surface area contributed by atoms with Gasteiger partial charge in [-0.3, -0.25) is 4.79 Å². The van der Waals surface area contributed by atoms with E-state index in [0.717, 1.165) is 5.56 Å². The SMILES string of the molecule is COc1ccc(OCC(=O)N[C@H](CCSC)C(=O)[O-])c(C(C)(C)C)c1. The van der Waals surface area contributed by atoms with Crippen LogP contribution in [0.3, 0.4) is 0 Å². The van der Waals surface area contributed by atoms with Crippen LogP contribution in [0.5, 0.6) is 11.5 Å². The number of carboxylic acid groups (broad SMARTS) is 1. The molecule has 6 nitrogen and oxygen atoms in total. The second-order valence-corrected chi connectivity index (χ2v) is 7.61. The molecule has 0 aliphatic rings. The molecular weight excluding hydrogens is 342 g/mol. The van der Waals surface area contributed by atoms with E-state index in [9.17, 15) is 14.7 Å². The molecule has 0 unspecified atom stereocenters. The summed E-state index contributed by atoms with van der Waals surface area (Å²) in [4.78, 5) is 23.1. The Kier molecular flexibility index (Phi) is 8.09. The van der Waals surface area contributed by atoms with E-state index in [4.69, 9.17) is 9.47 Å². The van der Waals surface area contributed by atoms with Crippen molar-refractivity contribution in [3.8, 4) is 11.5 Å². The van der Waals surface area contributed by atoms with Crippen LogP contribution in [-0.4, -0.2) is 43.6 Å². The van der Waals surface area contributed by atoms with E-state index in [1.165, 1.54) is 11.8 Å². The molecule has 0 heterocycles. The highest BCUT2D eigenvalue weighted by Gasteiger charge is 2.21. The molecule has 1 amide bonds. The number of carbonyl (C=O) groups is 2. The summed E-state index contributed by atoms with van der Waals surface area (Å²) < 4.78 is 10.9. The number of rotatable bonds is 9. The van der Waals surface area contributed by atoms with Crippen molar-refractivity contribution in [3.05, 3.63) is 23.8 Å². The predicted molar refractivity (Wildman–Crippen MR) is 97.1 cm³/mol. The van der Waals surface area contributed by atoms with Crippen molar-refractivity contribution in [3.63, 3.8) is 0 Å². The average Bonchev–Trinajstić information content (AvgIpc) is 2.55. The number of hydrogen-bond donors (Lipinski definition) is 1. The van der Waals surface area contributed by atoms with Crippen molar-refractivity contribution in [2.75, 3.05) is 25.7 Å². The monoisotopic (exact) mass is 368 g/mol. The third-order valence-electron chi connectivity index (χ3n) is 3.58. The van der Waals surface area contributed by atoms with Gasteiger partial charge in [-0.2, -0.15) is 11.8 Å². The molecule has 0 fully saturated rings. The maximum absolute atomic E-state index is 12.0. The Morgan fingerprint density at radius 1 is 1.32 bits per heavy atom. The predicted octanol–water partition coefficient (Wildman–Crippen LogP) is 1.36. The molecule has 0 radical (unpaired) electrons. The van der Waals surface area contributed by atoms with Crippen LogP contribution >= 0.6 is 11.8 Å². The van der Waals surface area contributed by atoms with Gasteiger partial charge in [-0.15, -0.1) is 0 Å². The molecule has 0 saturated heterocycles. The Morgan fingerprint density at radius 3 is 2.52 bits per heavy atom. The summed E-state index contributed by atoms with van der Waals surface area (Å²) in [5.41, 5.74) is 0.699. The first kappa shape index (κ1) is 21.2. The lowest BCUT2D eigenvalue weighted by atomic mass is 9.86. The van der Waals surface area contributed by atoms with Crippen molar-refractivity contribution in [2.24, 2.45) is 0 Å². The topological polar surface area (TPSA) is 87.7 Å². The molecule has 0 bridgehead atoms. The van der Waals surface area contributed by atoms with E-state index in [-0.39, 0.29) is 12.0 Å². The van der Waals surface area contributed by atoms with Gasteiger partial charge in [0.15, 0.2) is 6.61 Å². The van der Waals surface area contributed by atoms with Gasteiger partial charge in [0.2, 0.25) is 0 Å². The second-order valence-electron chi connectivity index (χ2n) is 6.62. The van der Waals surface area contributed by atoms with Crippen LogP contribution in [0, 0.1) is 0 Å². The third-order valence-corrected chi connectivity index (χ3v) is 4.23. The van der Waals surface area contributed by atoms with Crippen LogP contribution in [0.1, 0.15) is 32.8 Å². The van der Waals surface area contributed by atoms with Gasteiger partial charge in [-0.05, 0) is 42.0 Å². The molecule has 0 aliphatic carbocycles. The lowest BCUT2D eigenvalue weighted by Crippen LogP contribution is -2.49. The minimum Gasteiger partial charge on any atom is -0.548 e. The Balaban J connectivity index is 2.76. The first-order chi connectivity index (χ1) is 11.7. The summed E-state index contributed by atoms with van der Waals surface area (Å²) in [6, 6.07) is 4.36. The van der Waals surface area contributed by atoms with Crippen molar-refractivity contribution in [1.82, 2.24) is 5.32 Å². The highest BCUT2D eigenvalue weighted by Crippen LogP contribution is 2.34. The van der Waals surface area contributed by atoms with Crippen molar-refractivity contribution in [1.29, 1.82) is 0 Å². The highest BCUT2D eigenvalue weighted by molar-refractivity contribution is 7.98. The maximum Gasteiger partial charge on any atom is 0.258 e. The summed E-state index contributed by atoms with van der Waals surface area (Å²) in [6.45, 7) is 5.83. The fourth-order valence-corrected chi connectivity index (χ4v) is 2.68. The number of carboxylic acids is 1. The van der Waals surface area contributed by atoms with Gasteiger partial charge in [0.25, 0.3) is 5.91 Å². The summed E-state index contributed by atoms with van der Waals surface area (Å²) in [5, 5.41) is 13.5. The van der Waals surface area contributed by atoms with E-state index in [1.807, 2.05) is 33.1 Å². The molecule has 0 spiro atoms. The first-order valence-corrected chi connectivity index (χ1v) is 9.39. The molecule has 1 rings (SSSR count). The van der Waals surface area contributed by atoms with Gasteiger partial charge < -0.3 is 24.7 Å². The molecule has 1 atom stereocenters. The molecule has 25 heavy (non-hydrogen) atoms. The third kappa shape index (κ3) is 6.86. The second kappa shape index (κ2) is 9.56. The number of hydrogen-bond acceptors (Lipinski definition) is 6. The fraction of sp³-hybridized carbons (Fsp3) is 0.556. The van der Waals surface area contributed by atoms with Crippen molar-refractivity contribution < 1.29 is 24.2 Å². The number of nitrogens with one attached hydrogen (secondary N) is 1. The highest BCUT2D eigenvalue weighted by atomic mass is 32.2. The van der Waals surface area contributed by atoms with Gasteiger partial charge in [0.1, 0.15) is 11.5 Å². The van der Waals surface area contributed by atoms with E-state index >= 15 is 0 Å². The zero-order valence-corrected chi connectivity index (χ0v) is 16.2. The number of aliphatic carboxylic acids is 1. The minimum atomic E-state index is -1.29. The fourth-order valence-electron chi connectivity index (χ4n) is 2.21. The van der Waals surface area contributed by atoms with Crippen molar-refractivity contribution in [2.45, 2.75) is 38.6 Å². The van der Waals surface area contributed by atoms with E-state index in [0.29, 0.717) is 23.7 Å². The van der Waals surface area contributed by atoms with Crippen LogP contribution in [0.15, 0.2) is 18.2 Å². The molecular formula is C18H26NO5S-. The van der Waals surface area contributed by atoms with Crippen LogP contribution < -0.4 is 19.9 Å². The summed E-state index contributed by atoms with van der Waals surface area (Å²) in [7, 11) is 1.59. The Hall–Kier alpha value is -1.89. The molecule has 7 heteroatoms. The van der Waals surface area contributed by atoms with Crippen LogP contribution in [0.25, 0.3) is 0 Å². The van der Waals surface area contributed by atoms with Crippen molar-refractivity contribution >= 4 is 23.6 Å². The van der Waals surface area contributed by atoms with Gasteiger partial charge in [-0.25, -0.2) is 0 Å². The Morgan fingerprint density at radius 2 is 2.00 bits per heavy atom. The molecule has 0 aromatic heterocycles. The number of benzene rings is 1. The van der Waals surface area contributed by atoms with E-state index in [2.05, 4.69) is 5.32 Å². The number of amides is 1. The quantitative estimate of drug-likeness (QED) is 0.708. The van der Waals surface area contributed by atoms with E-state index < -0.39 is 17.9 Å². The zero-order chi connectivity index (χ0) is 19.0. The lowest BCUT2D eigenvalue weighted by molar-refractivity contribution is -0.308. The number of thioether (sulfide) groups is 1. The maximum atomic E-state index is 12.0. The normalized spacial score (nSPS) is 12.4. The average molecular weight is 368 g/mol. The molecule has 0 saturated carbocycles. The molecule has 0 aliphatic heterocycles. The molecule has 1 aromatic rings. The van der Waals surface area contributed by atoms with Gasteiger partial charge in [-0.1, -0.05) is 20.8 Å². The largest absolute Gasteiger partial charge is 0.548 e. The first-order valence-electron chi connectivity index (χ1n) is 7.99. The minimum absolute atomic E-state index is 0.202. The summed E-state index contributed by atoms with van der Waals surface area (Å²) in [5.74, 6) is 0.105. The lowest BCUT2D eigenvalue weighted by Gasteiger charge is -2.24. The molecule has 1 aromatic carbocycles. The van der Waals surface area contributed by atoms with Gasteiger partial charge in [0, 0.05) is 5.56 Å². The van der Waals surface area contributed by atoms with Gasteiger partial charge in [0.05, 0.1) is 19.1 Å². The summed E-state index contributed by atoms with van der Waals surface area (Å²) in [6.07, 6.45) is 2.18. The van der Waals surface area contributed by atoms with Gasteiger partial charge >= 0.3 is 0 Å². The van der Waals surface area contributed by atoms with E-state index in [1.54, 1.807) is 19.2 Å². The summed E-state index contributed by atoms with van der Waals surface area (Å²) >= 11 is 1.51. The number of methoxy groups -OCH3 is 1. The number of carbonyl (C=O) groups excluding carboxylic acids is 2.